The molecule has 0 aliphatic carbocycles. The molecule has 4 rings (SSSR count). The second-order valence-corrected chi connectivity index (χ2v) is 7.07. The van der Waals surface area contributed by atoms with Gasteiger partial charge in [0.1, 0.15) is 0 Å². The third kappa shape index (κ3) is 3.29. The summed E-state index contributed by atoms with van der Waals surface area (Å²) in [5.74, 6) is -0.946. The van der Waals surface area contributed by atoms with E-state index in [0.717, 1.165) is 29.7 Å². The van der Waals surface area contributed by atoms with Gasteiger partial charge in [-0.25, -0.2) is 4.79 Å². The lowest BCUT2D eigenvalue weighted by Crippen LogP contribution is -2.30. The molecule has 1 heterocycles. The zero-order valence-corrected chi connectivity index (χ0v) is 15.7. The highest BCUT2D eigenvalue weighted by molar-refractivity contribution is 5.96. The molecule has 140 valence electrons. The SMILES string of the molecule is CC(=O)N1Cc2cc(-c3ccccc3C(=O)O)ccc2CCc2ccccc21. The van der Waals surface area contributed by atoms with E-state index in [-0.39, 0.29) is 11.5 Å². The summed E-state index contributed by atoms with van der Waals surface area (Å²) in [6.07, 6.45) is 1.75. The lowest BCUT2D eigenvalue weighted by Gasteiger charge is -2.28. The van der Waals surface area contributed by atoms with Crippen molar-refractivity contribution in [3.63, 3.8) is 0 Å². The lowest BCUT2D eigenvalue weighted by atomic mass is 9.91. The molecule has 0 saturated heterocycles. The predicted octanol–water partition coefficient (Wildman–Crippen LogP) is 4.70. The zero-order chi connectivity index (χ0) is 19.7. The van der Waals surface area contributed by atoms with E-state index in [1.165, 1.54) is 11.1 Å². The van der Waals surface area contributed by atoms with Gasteiger partial charge in [-0.1, -0.05) is 48.5 Å². The first-order valence-electron chi connectivity index (χ1n) is 9.35. The number of rotatable bonds is 2. The summed E-state index contributed by atoms with van der Waals surface area (Å²) in [7, 11) is 0. The summed E-state index contributed by atoms with van der Waals surface area (Å²) >= 11 is 0. The number of benzene rings is 3. The predicted molar refractivity (Wildman–Crippen MR) is 110 cm³/mol. The van der Waals surface area contributed by atoms with Crippen molar-refractivity contribution in [3.8, 4) is 11.1 Å². The van der Waals surface area contributed by atoms with Crippen LogP contribution in [-0.2, 0) is 24.2 Å². The van der Waals surface area contributed by atoms with E-state index in [0.29, 0.717) is 12.1 Å². The second kappa shape index (κ2) is 7.31. The van der Waals surface area contributed by atoms with E-state index in [1.54, 1.807) is 24.0 Å². The molecular formula is C24H21NO3. The molecule has 0 aromatic heterocycles. The van der Waals surface area contributed by atoms with Gasteiger partial charge in [0.2, 0.25) is 5.91 Å². The number of aryl methyl sites for hydroxylation is 2. The molecule has 0 radical (unpaired) electrons. The molecule has 28 heavy (non-hydrogen) atoms. The van der Waals surface area contributed by atoms with E-state index >= 15 is 0 Å². The van der Waals surface area contributed by atoms with Crippen LogP contribution in [0.25, 0.3) is 11.1 Å². The standard InChI is InChI=1S/C24H21NO3/c1-16(26)25-15-20-14-19(21-7-3-4-8-22(21)24(27)28)13-11-17(20)10-12-18-6-2-5-9-23(18)25/h2-9,11,13-14H,10,12,15H2,1H3,(H,27,28). The fourth-order valence-electron chi connectivity index (χ4n) is 3.90. The van der Waals surface area contributed by atoms with Gasteiger partial charge in [-0.05, 0) is 58.9 Å². The van der Waals surface area contributed by atoms with Crippen LogP contribution in [0, 0.1) is 0 Å². The number of aromatic carboxylic acids is 1. The molecule has 4 heteroatoms. The van der Waals surface area contributed by atoms with Crippen molar-refractivity contribution in [2.24, 2.45) is 0 Å². The van der Waals surface area contributed by atoms with Crippen LogP contribution in [0.3, 0.4) is 0 Å². The van der Waals surface area contributed by atoms with Crippen LogP contribution >= 0.6 is 0 Å². The van der Waals surface area contributed by atoms with E-state index in [9.17, 15) is 14.7 Å². The minimum absolute atomic E-state index is 0.00311. The third-order valence-electron chi connectivity index (χ3n) is 5.33. The van der Waals surface area contributed by atoms with Crippen LogP contribution in [0.4, 0.5) is 5.69 Å². The summed E-state index contributed by atoms with van der Waals surface area (Å²) in [4.78, 5) is 25.8. The number of carboxylic acids is 1. The van der Waals surface area contributed by atoms with Crippen molar-refractivity contribution >= 4 is 17.6 Å². The Bertz CT molecular complexity index is 1070. The molecule has 0 unspecified atom stereocenters. The van der Waals surface area contributed by atoms with Crippen molar-refractivity contribution in [1.29, 1.82) is 0 Å². The number of carboxylic acid groups (broad SMARTS) is 1. The molecule has 3 aromatic rings. The Hall–Kier alpha value is -3.40. The van der Waals surface area contributed by atoms with Gasteiger partial charge in [0.25, 0.3) is 0 Å². The van der Waals surface area contributed by atoms with Gasteiger partial charge in [0.15, 0.2) is 0 Å². The number of nitrogens with zero attached hydrogens (tertiary/aromatic N) is 1. The highest BCUT2D eigenvalue weighted by Gasteiger charge is 2.21. The number of hydrogen-bond donors (Lipinski definition) is 1. The topological polar surface area (TPSA) is 57.6 Å². The van der Waals surface area contributed by atoms with Crippen LogP contribution < -0.4 is 4.90 Å². The Morgan fingerprint density at radius 1 is 0.857 bits per heavy atom. The maximum Gasteiger partial charge on any atom is 0.336 e. The monoisotopic (exact) mass is 371 g/mol. The quantitative estimate of drug-likeness (QED) is 0.710. The van der Waals surface area contributed by atoms with Gasteiger partial charge in [0.05, 0.1) is 12.1 Å². The van der Waals surface area contributed by atoms with Crippen LogP contribution in [0.15, 0.2) is 66.7 Å². The Balaban J connectivity index is 1.80. The van der Waals surface area contributed by atoms with Crippen LogP contribution in [0.2, 0.25) is 0 Å². The molecule has 1 amide bonds. The van der Waals surface area contributed by atoms with Gasteiger partial charge in [-0.2, -0.15) is 0 Å². The molecule has 0 spiro atoms. The number of fused-ring (bicyclic) bond motifs is 2. The third-order valence-corrected chi connectivity index (χ3v) is 5.33. The highest BCUT2D eigenvalue weighted by Crippen LogP contribution is 2.32. The minimum Gasteiger partial charge on any atom is -0.478 e. The summed E-state index contributed by atoms with van der Waals surface area (Å²) in [5, 5.41) is 9.52. The molecule has 1 aliphatic rings. The summed E-state index contributed by atoms with van der Waals surface area (Å²) in [5.41, 5.74) is 6.20. The first-order chi connectivity index (χ1) is 13.5. The molecule has 0 atom stereocenters. The van der Waals surface area contributed by atoms with Gasteiger partial charge in [-0.15, -0.1) is 0 Å². The second-order valence-electron chi connectivity index (χ2n) is 7.07. The first kappa shape index (κ1) is 18.0. The Morgan fingerprint density at radius 2 is 1.57 bits per heavy atom. The molecule has 1 N–H and O–H groups in total. The number of carbonyl (C=O) groups excluding carboxylic acids is 1. The molecule has 3 aromatic carbocycles. The first-order valence-corrected chi connectivity index (χ1v) is 9.35. The summed E-state index contributed by atoms with van der Waals surface area (Å²) in [6, 6.07) is 21.1. The van der Waals surface area contributed by atoms with E-state index in [4.69, 9.17) is 0 Å². The van der Waals surface area contributed by atoms with Crippen molar-refractivity contribution in [2.75, 3.05) is 4.90 Å². The maximum atomic E-state index is 12.4. The Morgan fingerprint density at radius 3 is 2.36 bits per heavy atom. The summed E-state index contributed by atoms with van der Waals surface area (Å²) in [6.45, 7) is 2.06. The zero-order valence-electron chi connectivity index (χ0n) is 15.7. The number of carbonyl (C=O) groups is 2. The van der Waals surface area contributed by atoms with Gasteiger partial charge < -0.3 is 10.0 Å². The van der Waals surface area contributed by atoms with Gasteiger partial charge >= 0.3 is 5.97 Å². The maximum absolute atomic E-state index is 12.4. The smallest absolute Gasteiger partial charge is 0.336 e. The molecule has 0 fully saturated rings. The minimum atomic E-state index is -0.943. The average molecular weight is 371 g/mol. The molecule has 0 bridgehead atoms. The number of amides is 1. The Kier molecular flexibility index (Phi) is 4.70. The molecular weight excluding hydrogens is 350 g/mol. The van der Waals surface area contributed by atoms with Crippen molar-refractivity contribution < 1.29 is 14.7 Å². The normalized spacial score (nSPS) is 13.1. The highest BCUT2D eigenvalue weighted by atomic mass is 16.4. The summed E-state index contributed by atoms with van der Waals surface area (Å²) < 4.78 is 0. The largest absolute Gasteiger partial charge is 0.478 e. The van der Waals surface area contributed by atoms with Crippen LogP contribution in [0.5, 0.6) is 0 Å². The lowest BCUT2D eigenvalue weighted by molar-refractivity contribution is -0.116. The van der Waals surface area contributed by atoms with E-state index < -0.39 is 5.97 Å². The number of para-hydroxylation sites is 1. The van der Waals surface area contributed by atoms with Gasteiger partial charge in [0, 0.05) is 12.6 Å². The molecule has 4 nitrogen and oxygen atoms in total. The van der Waals surface area contributed by atoms with E-state index in [1.807, 2.05) is 42.5 Å². The fourth-order valence-corrected chi connectivity index (χ4v) is 3.90. The van der Waals surface area contributed by atoms with E-state index in [2.05, 4.69) is 12.1 Å². The molecule has 0 saturated carbocycles. The Labute approximate surface area is 164 Å². The molecule has 1 aliphatic heterocycles. The van der Waals surface area contributed by atoms with Crippen LogP contribution in [-0.4, -0.2) is 17.0 Å². The van der Waals surface area contributed by atoms with Crippen molar-refractivity contribution in [3.05, 3.63) is 89.0 Å². The van der Waals surface area contributed by atoms with Crippen molar-refractivity contribution in [2.45, 2.75) is 26.3 Å². The van der Waals surface area contributed by atoms with Gasteiger partial charge in [-0.3, -0.25) is 4.79 Å². The van der Waals surface area contributed by atoms with Crippen molar-refractivity contribution in [1.82, 2.24) is 0 Å². The average Bonchev–Trinajstić information content (AvgIpc) is 2.69. The number of hydrogen-bond acceptors (Lipinski definition) is 2. The van der Waals surface area contributed by atoms with Crippen LogP contribution in [0.1, 0.15) is 34.0 Å². The fraction of sp³-hybridized carbons (Fsp3) is 0.167. The number of anilines is 1.